The molecule has 0 saturated heterocycles. The van der Waals surface area contributed by atoms with Crippen LogP contribution in [0.2, 0.25) is 0 Å². The van der Waals surface area contributed by atoms with Crippen molar-refractivity contribution in [2.24, 2.45) is 0 Å². The molecule has 0 radical (unpaired) electrons. The lowest BCUT2D eigenvalue weighted by atomic mass is 10.1. The molecule has 100 valence electrons. The third-order valence-electron chi connectivity index (χ3n) is 2.14. The Hall–Kier alpha value is -1.36. The smallest absolute Gasteiger partial charge is 0.408 e. The van der Waals surface area contributed by atoms with Gasteiger partial charge < -0.3 is 10.1 Å². The van der Waals surface area contributed by atoms with E-state index in [0.717, 1.165) is 4.88 Å². The van der Waals surface area contributed by atoms with E-state index in [-0.39, 0.29) is 5.78 Å². The molecule has 1 heterocycles. The van der Waals surface area contributed by atoms with Crippen LogP contribution in [0, 0.1) is 6.92 Å². The summed E-state index contributed by atoms with van der Waals surface area (Å²) >= 11 is 1.51. The van der Waals surface area contributed by atoms with Crippen LogP contribution >= 0.6 is 11.3 Å². The predicted molar refractivity (Wildman–Crippen MR) is 72.2 cm³/mol. The standard InChI is InChI=1S/C13H19NO3S/c1-8-6-10(7-18-8)11(15)9(2)14-12(16)17-13(3,4)5/h6-7,9H,1-5H3,(H,14,16)/t9-/m0/s1. The summed E-state index contributed by atoms with van der Waals surface area (Å²) < 4.78 is 5.10. The number of rotatable bonds is 3. The molecular weight excluding hydrogens is 250 g/mol. The van der Waals surface area contributed by atoms with Gasteiger partial charge >= 0.3 is 6.09 Å². The molecule has 1 atom stereocenters. The van der Waals surface area contributed by atoms with E-state index in [9.17, 15) is 9.59 Å². The summed E-state index contributed by atoms with van der Waals surface area (Å²) in [7, 11) is 0. The monoisotopic (exact) mass is 269 g/mol. The molecule has 1 rings (SSSR count). The third-order valence-corrected chi connectivity index (χ3v) is 3.00. The first-order valence-corrected chi connectivity index (χ1v) is 6.66. The van der Waals surface area contributed by atoms with Gasteiger partial charge in [0.25, 0.3) is 0 Å². The van der Waals surface area contributed by atoms with Gasteiger partial charge in [-0.1, -0.05) is 0 Å². The van der Waals surface area contributed by atoms with Crippen molar-refractivity contribution in [3.8, 4) is 0 Å². The average Bonchev–Trinajstić information content (AvgIpc) is 2.60. The van der Waals surface area contributed by atoms with Gasteiger partial charge in [-0.15, -0.1) is 11.3 Å². The third kappa shape index (κ3) is 4.49. The molecule has 1 aromatic rings. The second-order valence-electron chi connectivity index (χ2n) is 5.18. The highest BCUT2D eigenvalue weighted by Gasteiger charge is 2.22. The van der Waals surface area contributed by atoms with Crippen LogP contribution in [0.3, 0.4) is 0 Å². The number of Topliss-reactive ketones (excluding diaryl/α,β-unsaturated/α-hetero) is 1. The molecule has 0 aliphatic carbocycles. The van der Waals surface area contributed by atoms with Gasteiger partial charge in [-0.2, -0.15) is 0 Å². The number of amides is 1. The molecular formula is C13H19NO3S. The summed E-state index contributed by atoms with van der Waals surface area (Å²) in [5.74, 6) is -0.106. The number of ketones is 1. The molecule has 4 nitrogen and oxygen atoms in total. The molecule has 1 aromatic heterocycles. The maximum absolute atomic E-state index is 12.0. The lowest BCUT2D eigenvalue weighted by Crippen LogP contribution is -2.41. The van der Waals surface area contributed by atoms with Gasteiger partial charge in [0.15, 0.2) is 5.78 Å². The van der Waals surface area contributed by atoms with Crippen LogP contribution in [0.4, 0.5) is 4.79 Å². The fourth-order valence-electron chi connectivity index (χ4n) is 1.37. The van der Waals surface area contributed by atoms with Gasteiger partial charge in [0.2, 0.25) is 0 Å². The normalized spacial score (nSPS) is 12.9. The van der Waals surface area contributed by atoms with Gasteiger partial charge in [0.1, 0.15) is 5.60 Å². The lowest BCUT2D eigenvalue weighted by molar-refractivity contribution is 0.0497. The molecule has 0 unspecified atom stereocenters. The molecule has 1 amide bonds. The Morgan fingerprint density at radius 1 is 1.39 bits per heavy atom. The minimum Gasteiger partial charge on any atom is -0.444 e. The highest BCUT2D eigenvalue weighted by molar-refractivity contribution is 7.10. The van der Waals surface area contributed by atoms with Crippen LogP contribution in [-0.4, -0.2) is 23.5 Å². The van der Waals surface area contributed by atoms with Crippen LogP contribution in [0.5, 0.6) is 0 Å². The second kappa shape index (κ2) is 5.52. The van der Waals surface area contributed by atoms with Crippen LogP contribution < -0.4 is 5.32 Å². The van der Waals surface area contributed by atoms with Crippen molar-refractivity contribution < 1.29 is 14.3 Å². The van der Waals surface area contributed by atoms with Gasteiger partial charge in [-0.3, -0.25) is 4.79 Å². The van der Waals surface area contributed by atoms with E-state index in [1.165, 1.54) is 11.3 Å². The summed E-state index contributed by atoms with van der Waals surface area (Å²) in [5, 5.41) is 4.33. The van der Waals surface area contributed by atoms with Crippen LogP contribution in [0.25, 0.3) is 0 Å². The molecule has 0 fully saturated rings. The Balaban J connectivity index is 2.58. The molecule has 0 bridgehead atoms. The molecule has 0 aliphatic rings. The zero-order chi connectivity index (χ0) is 13.9. The maximum atomic E-state index is 12.0. The van der Waals surface area contributed by atoms with Gasteiger partial charge in [-0.05, 0) is 40.7 Å². The van der Waals surface area contributed by atoms with Crippen molar-refractivity contribution in [1.82, 2.24) is 5.32 Å². The summed E-state index contributed by atoms with van der Waals surface area (Å²) in [6.45, 7) is 8.93. The van der Waals surface area contributed by atoms with Gasteiger partial charge in [-0.25, -0.2) is 4.79 Å². The first kappa shape index (κ1) is 14.7. The number of nitrogens with one attached hydrogen (secondary N) is 1. The number of thiophene rings is 1. The van der Waals surface area contributed by atoms with E-state index in [0.29, 0.717) is 5.56 Å². The molecule has 0 aromatic carbocycles. The highest BCUT2D eigenvalue weighted by atomic mass is 32.1. The number of alkyl carbamates (subject to hydrolysis) is 1. The number of carbonyl (C=O) groups is 2. The molecule has 0 spiro atoms. The van der Waals surface area contributed by atoms with E-state index in [1.54, 1.807) is 33.1 Å². The predicted octanol–water partition coefficient (Wildman–Crippen LogP) is 3.15. The van der Waals surface area contributed by atoms with Gasteiger partial charge in [0, 0.05) is 15.8 Å². The fourth-order valence-corrected chi connectivity index (χ4v) is 2.06. The highest BCUT2D eigenvalue weighted by Crippen LogP contribution is 2.15. The molecule has 0 aliphatic heterocycles. The first-order valence-electron chi connectivity index (χ1n) is 5.78. The minimum atomic E-state index is -0.589. The van der Waals surface area contributed by atoms with Crippen LogP contribution in [0.1, 0.15) is 42.9 Å². The largest absolute Gasteiger partial charge is 0.444 e. The van der Waals surface area contributed by atoms with E-state index in [2.05, 4.69) is 5.32 Å². The number of aryl methyl sites for hydroxylation is 1. The van der Waals surface area contributed by atoms with Crippen molar-refractivity contribution >= 4 is 23.2 Å². The Labute approximate surface area is 111 Å². The summed E-state index contributed by atoms with van der Waals surface area (Å²) in [4.78, 5) is 24.6. The van der Waals surface area contributed by atoms with E-state index >= 15 is 0 Å². The van der Waals surface area contributed by atoms with Crippen LogP contribution in [-0.2, 0) is 4.74 Å². The second-order valence-corrected chi connectivity index (χ2v) is 6.29. The molecule has 0 saturated carbocycles. The van der Waals surface area contributed by atoms with E-state index in [1.807, 2.05) is 13.0 Å². The summed E-state index contributed by atoms with van der Waals surface area (Å²) in [6.07, 6.45) is -0.574. The van der Waals surface area contributed by atoms with Crippen LogP contribution in [0.15, 0.2) is 11.4 Å². The van der Waals surface area contributed by atoms with E-state index < -0.39 is 17.7 Å². The first-order chi connectivity index (χ1) is 8.19. The number of ether oxygens (including phenoxy) is 1. The maximum Gasteiger partial charge on any atom is 0.408 e. The van der Waals surface area contributed by atoms with Crippen molar-refractivity contribution in [2.75, 3.05) is 0 Å². The topological polar surface area (TPSA) is 55.4 Å². The zero-order valence-electron chi connectivity index (χ0n) is 11.4. The number of hydrogen-bond acceptors (Lipinski definition) is 4. The fraction of sp³-hybridized carbons (Fsp3) is 0.538. The average molecular weight is 269 g/mol. The molecule has 1 N–H and O–H groups in total. The Morgan fingerprint density at radius 2 is 2.00 bits per heavy atom. The molecule has 18 heavy (non-hydrogen) atoms. The Bertz CT molecular complexity index is 445. The van der Waals surface area contributed by atoms with Crippen molar-refractivity contribution in [1.29, 1.82) is 0 Å². The SMILES string of the molecule is Cc1cc(C(=O)[C@H](C)NC(=O)OC(C)(C)C)cs1. The van der Waals surface area contributed by atoms with Crippen molar-refractivity contribution in [3.63, 3.8) is 0 Å². The number of hydrogen-bond donors (Lipinski definition) is 1. The van der Waals surface area contributed by atoms with Gasteiger partial charge in [0.05, 0.1) is 6.04 Å². The van der Waals surface area contributed by atoms with Crippen molar-refractivity contribution in [3.05, 3.63) is 21.9 Å². The molecule has 5 heteroatoms. The van der Waals surface area contributed by atoms with Crippen molar-refractivity contribution in [2.45, 2.75) is 46.3 Å². The van der Waals surface area contributed by atoms with E-state index in [4.69, 9.17) is 4.74 Å². The quantitative estimate of drug-likeness (QED) is 0.858. The minimum absolute atomic E-state index is 0.106. The zero-order valence-corrected chi connectivity index (χ0v) is 12.2. The Morgan fingerprint density at radius 3 is 2.44 bits per heavy atom. The summed E-state index contributed by atoms with van der Waals surface area (Å²) in [6, 6.07) is 1.23. The Kier molecular flexibility index (Phi) is 4.51. The lowest BCUT2D eigenvalue weighted by Gasteiger charge is -2.21. The summed E-state index contributed by atoms with van der Waals surface area (Å²) in [5.41, 5.74) is 0.0623. The number of carbonyl (C=O) groups excluding carboxylic acids is 2.